The predicted molar refractivity (Wildman–Crippen MR) is 61.3 cm³/mol. The molecule has 0 atom stereocenters. The summed E-state index contributed by atoms with van der Waals surface area (Å²) in [6, 6.07) is 5.19. The maximum atomic E-state index is 13.2. The molecular formula is C8H5F6IO3S. The average molecular weight is 422 g/mol. The van der Waals surface area contributed by atoms with Crippen LogP contribution in [0.1, 0.15) is 0 Å². The Bertz CT molecular complexity index is 529. The molecule has 0 radical (unpaired) electrons. The van der Waals surface area contributed by atoms with Gasteiger partial charge in [0.2, 0.25) is 0 Å². The summed E-state index contributed by atoms with van der Waals surface area (Å²) < 4.78 is 93.2. The number of hydrogen-bond donors (Lipinski definition) is 0. The Morgan fingerprint density at radius 2 is 1.47 bits per heavy atom. The topological polar surface area (TPSA) is 43.4 Å². The van der Waals surface area contributed by atoms with Gasteiger partial charge in [-0.1, -0.05) is 0 Å². The summed E-state index contributed by atoms with van der Waals surface area (Å²) in [5.74, 6) is 0. The van der Waals surface area contributed by atoms with Gasteiger partial charge in [-0.25, -0.2) is 0 Å². The van der Waals surface area contributed by atoms with Crippen LogP contribution in [0.25, 0.3) is 0 Å². The van der Waals surface area contributed by atoms with E-state index in [9.17, 15) is 34.3 Å². The van der Waals surface area contributed by atoms with Crippen LogP contribution in [0.3, 0.4) is 0 Å². The second-order valence-electron chi connectivity index (χ2n) is 3.00. The van der Waals surface area contributed by atoms with Crippen molar-refractivity contribution in [2.45, 2.75) is 10.1 Å². The zero-order valence-electron chi connectivity index (χ0n) is 8.67. The summed E-state index contributed by atoms with van der Waals surface area (Å²) in [6.45, 7) is 0. The second kappa shape index (κ2) is 5.44. The zero-order chi connectivity index (χ0) is 14.9. The van der Waals surface area contributed by atoms with Crippen LogP contribution >= 0.6 is 20.2 Å². The molecule has 11 heteroatoms. The summed E-state index contributed by atoms with van der Waals surface area (Å²) in [5.41, 5.74) is 0. The van der Waals surface area contributed by atoms with Gasteiger partial charge in [0, 0.05) is 0 Å². The van der Waals surface area contributed by atoms with Crippen molar-refractivity contribution < 1.29 is 36.8 Å². The van der Waals surface area contributed by atoms with E-state index in [2.05, 4.69) is 2.51 Å². The summed E-state index contributed by atoms with van der Waals surface area (Å²) in [5, 5.41) is 0. The van der Waals surface area contributed by atoms with Crippen molar-refractivity contribution in [2.24, 2.45) is 0 Å². The van der Waals surface area contributed by atoms with Crippen LogP contribution in [-0.4, -0.2) is 18.5 Å². The fraction of sp³-hybridized carbons (Fsp3) is 0.250. The molecule has 0 N–H and O–H groups in total. The molecular weight excluding hydrogens is 417 g/mol. The second-order valence-corrected chi connectivity index (χ2v) is 9.01. The van der Waals surface area contributed by atoms with Crippen LogP contribution in [0.15, 0.2) is 30.3 Å². The summed E-state index contributed by atoms with van der Waals surface area (Å²) >= 11 is -5.18. The van der Waals surface area contributed by atoms with E-state index in [-0.39, 0.29) is 0 Å². The van der Waals surface area contributed by atoms with Crippen molar-refractivity contribution in [1.82, 2.24) is 0 Å². The Morgan fingerprint density at radius 3 is 1.84 bits per heavy atom. The Balaban J connectivity index is 3.29. The Hall–Kier alpha value is -0.560. The minimum atomic E-state index is -6.03. The minimum absolute atomic E-state index is 0.671. The van der Waals surface area contributed by atoms with Gasteiger partial charge in [0.05, 0.1) is 0 Å². The average Bonchev–Trinajstić information content (AvgIpc) is 2.24. The molecule has 0 saturated heterocycles. The van der Waals surface area contributed by atoms with Crippen molar-refractivity contribution in [3.05, 3.63) is 33.9 Å². The third-order valence-corrected chi connectivity index (χ3v) is 7.94. The molecule has 0 aromatic heterocycles. The van der Waals surface area contributed by atoms with Crippen LogP contribution in [0.2, 0.25) is 0 Å². The first-order valence-electron chi connectivity index (χ1n) is 4.29. The molecule has 0 bridgehead atoms. The molecule has 0 aliphatic heterocycles. The summed E-state index contributed by atoms with van der Waals surface area (Å²) in [7, 11) is -5.93. The summed E-state index contributed by atoms with van der Waals surface area (Å²) in [4.78, 5) is 0. The molecule has 110 valence electrons. The Morgan fingerprint density at radius 1 is 1.00 bits per heavy atom. The Kier molecular flexibility index (Phi) is 4.72. The molecule has 1 rings (SSSR count). The molecule has 0 spiro atoms. The van der Waals surface area contributed by atoms with Crippen LogP contribution < -0.4 is 0 Å². The monoisotopic (exact) mass is 422 g/mol. The van der Waals surface area contributed by atoms with Crippen LogP contribution in [-0.2, 0) is 13.0 Å². The maximum absolute atomic E-state index is 13.2. The summed E-state index contributed by atoms with van der Waals surface area (Å²) in [6.07, 6.45) is -6.03. The SMILES string of the molecule is O=S(=O)(F)OI(c1ccccc1)C(F)(F)C(F)(F)F. The molecule has 3 nitrogen and oxygen atoms in total. The van der Waals surface area contributed by atoms with Crippen molar-refractivity contribution in [2.75, 3.05) is 0 Å². The van der Waals surface area contributed by atoms with E-state index in [1.165, 1.54) is 6.07 Å². The zero-order valence-corrected chi connectivity index (χ0v) is 11.6. The molecule has 1 aromatic rings. The molecule has 0 amide bonds. The van der Waals surface area contributed by atoms with E-state index < -0.39 is 44.4 Å². The molecule has 0 heterocycles. The van der Waals surface area contributed by atoms with Gasteiger partial charge in [0.15, 0.2) is 0 Å². The van der Waals surface area contributed by atoms with Gasteiger partial charge in [0.1, 0.15) is 0 Å². The molecule has 0 aliphatic carbocycles. The van der Waals surface area contributed by atoms with Crippen molar-refractivity contribution in [3.63, 3.8) is 0 Å². The van der Waals surface area contributed by atoms with E-state index in [1.807, 2.05) is 0 Å². The van der Waals surface area contributed by atoms with Crippen molar-refractivity contribution >= 4 is 30.7 Å². The van der Waals surface area contributed by atoms with Crippen molar-refractivity contribution in [1.29, 1.82) is 0 Å². The van der Waals surface area contributed by atoms with Gasteiger partial charge in [-0.2, -0.15) is 0 Å². The fourth-order valence-electron chi connectivity index (χ4n) is 0.915. The van der Waals surface area contributed by atoms with E-state index in [0.29, 0.717) is 0 Å². The van der Waals surface area contributed by atoms with Crippen LogP contribution in [0, 0.1) is 3.57 Å². The standard InChI is InChI=1S/C8H5F6IO3S/c9-7(10,11)8(12,13)15(18-19(14,16)17)6-4-2-1-3-5-6/h1-5H. The van der Waals surface area contributed by atoms with Crippen LogP contribution in [0.4, 0.5) is 25.8 Å². The third-order valence-electron chi connectivity index (χ3n) is 1.61. The molecule has 0 fully saturated rings. The quantitative estimate of drug-likeness (QED) is 0.322. The first-order chi connectivity index (χ1) is 8.45. The van der Waals surface area contributed by atoms with Gasteiger partial charge < -0.3 is 0 Å². The number of alkyl halides is 6. The van der Waals surface area contributed by atoms with Gasteiger partial charge >= 0.3 is 112 Å². The van der Waals surface area contributed by atoms with Gasteiger partial charge in [0.25, 0.3) is 0 Å². The van der Waals surface area contributed by atoms with Gasteiger partial charge in [-0.3, -0.25) is 0 Å². The number of halogens is 7. The predicted octanol–water partition coefficient (Wildman–Crippen LogP) is 3.66. The van der Waals surface area contributed by atoms with E-state index in [4.69, 9.17) is 0 Å². The van der Waals surface area contributed by atoms with Gasteiger partial charge in [-0.05, 0) is 0 Å². The molecule has 1 aromatic carbocycles. The van der Waals surface area contributed by atoms with Crippen LogP contribution in [0.5, 0.6) is 0 Å². The number of rotatable bonds is 4. The van der Waals surface area contributed by atoms with E-state index in [1.54, 1.807) is 0 Å². The number of hydrogen-bond acceptors (Lipinski definition) is 3. The molecule has 0 saturated carbocycles. The first kappa shape index (κ1) is 16.5. The Labute approximate surface area is 111 Å². The molecule has 0 aliphatic rings. The van der Waals surface area contributed by atoms with Gasteiger partial charge in [-0.15, -0.1) is 0 Å². The molecule has 0 unspecified atom stereocenters. The van der Waals surface area contributed by atoms with Crippen molar-refractivity contribution in [3.8, 4) is 0 Å². The fourth-order valence-corrected chi connectivity index (χ4v) is 6.21. The van der Waals surface area contributed by atoms with E-state index >= 15 is 0 Å². The normalized spacial score (nSPS) is 14.3. The molecule has 19 heavy (non-hydrogen) atoms. The van der Waals surface area contributed by atoms with E-state index in [0.717, 1.165) is 24.3 Å². The first-order valence-corrected chi connectivity index (χ1v) is 8.64. The third kappa shape index (κ3) is 4.21. The number of benzene rings is 1.